The average Bonchev–Trinajstić information content (AvgIpc) is 2.87. The molecule has 0 aliphatic carbocycles. The number of ether oxygens (including phenoxy) is 4. The van der Waals surface area contributed by atoms with Crippen LogP contribution in [0.4, 0.5) is 0 Å². The van der Waals surface area contributed by atoms with Gasteiger partial charge in [0.05, 0.1) is 18.3 Å². The van der Waals surface area contributed by atoms with Crippen LogP contribution in [0.5, 0.6) is 0 Å². The molecule has 220 valence electrons. The predicted octanol–water partition coefficient (Wildman–Crippen LogP) is 0.317. The van der Waals surface area contributed by atoms with Gasteiger partial charge in [-0.2, -0.15) is 0 Å². The van der Waals surface area contributed by atoms with Crippen LogP contribution < -0.4 is 0 Å². The molecule has 0 aromatic rings. The molecule has 1 saturated heterocycles. The number of aliphatic hydroxyl groups is 4. The molecule has 1 fully saturated rings. The molecule has 0 amide bonds. The molecule has 0 spiro atoms. The third-order valence-corrected chi connectivity index (χ3v) is 6.79. The molecule has 6 N–H and O–H groups in total. The third kappa shape index (κ3) is 8.85. The Labute approximate surface area is 225 Å². The van der Waals surface area contributed by atoms with Gasteiger partial charge in [-0.3, -0.25) is 4.79 Å². The molecule has 0 saturated carbocycles. The first-order valence-corrected chi connectivity index (χ1v) is 12.6. The van der Waals surface area contributed by atoms with E-state index in [0.29, 0.717) is 18.4 Å². The molecule has 9 atom stereocenters. The Morgan fingerprint density at radius 2 is 1.79 bits per heavy atom. The second-order valence-electron chi connectivity index (χ2n) is 9.73. The summed E-state index contributed by atoms with van der Waals surface area (Å²) in [4.78, 5) is 35.3. The van der Waals surface area contributed by atoms with Crippen molar-refractivity contribution in [3.63, 3.8) is 0 Å². The van der Waals surface area contributed by atoms with Crippen molar-refractivity contribution >= 4 is 17.9 Å². The summed E-state index contributed by atoms with van der Waals surface area (Å²) in [6.45, 7) is 6.75. The maximum atomic E-state index is 12.4. The highest BCUT2D eigenvalue weighted by atomic mass is 16.8. The fourth-order valence-corrected chi connectivity index (χ4v) is 4.36. The normalized spacial score (nSPS) is 31.9. The predicted molar refractivity (Wildman–Crippen MR) is 133 cm³/mol. The van der Waals surface area contributed by atoms with Crippen LogP contribution in [0.1, 0.15) is 39.5 Å². The van der Waals surface area contributed by atoms with E-state index < -0.39 is 79.8 Å². The average molecular weight is 559 g/mol. The number of hydrogen-bond acceptors (Lipinski definition) is 11. The highest BCUT2D eigenvalue weighted by molar-refractivity contribution is 5.88. The lowest BCUT2D eigenvalue weighted by atomic mass is 9.81. The SMILES string of the molecule is C=CC1C(OC2OC(COC(=O)C(C)=CCCC(C)CCO)C(O)C(O)C2O)OC=C(C(=O)O)C1CC(=O)O. The summed E-state index contributed by atoms with van der Waals surface area (Å²) in [6, 6.07) is 0. The fourth-order valence-electron chi connectivity index (χ4n) is 4.36. The zero-order valence-electron chi connectivity index (χ0n) is 21.9. The summed E-state index contributed by atoms with van der Waals surface area (Å²) in [5, 5.41) is 58.8. The lowest BCUT2D eigenvalue weighted by molar-refractivity contribution is -0.339. The van der Waals surface area contributed by atoms with Crippen LogP contribution >= 0.6 is 0 Å². The van der Waals surface area contributed by atoms with Gasteiger partial charge in [0.2, 0.25) is 6.29 Å². The molecule has 0 bridgehead atoms. The van der Waals surface area contributed by atoms with E-state index in [9.17, 15) is 39.9 Å². The second-order valence-corrected chi connectivity index (χ2v) is 9.73. The van der Waals surface area contributed by atoms with Crippen LogP contribution in [0, 0.1) is 17.8 Å². The largest absolute Gasteiger partial charge is 0.481 e. The minimum absolute atomic E-state index is 0.0883. The van der Waals surface area contributed by atoms with Gasteiger partial charge in [0.15, 0.2) is 6.29 Å². The Balaban J connectivity index is 2.07. The van der Waals surface area contributed by atoms with Gasteiger partial charge < -0.3 is 49.6 Å². The first-order chi connectivity index (χ1) is 18.4. The number of carbonyl (C=O) groups excluding carboxylic acids is 1. The quantitative estimate of drug-likeness (QED) is 0.0965. The topological polar surface area (TPSA) is 210 Å². The van der Waals surface area contributed by atoms with E-state index in [0.717, 1.165) is 12.7 Å². The van der Waals surface area contributed by atoms with Gasteiger partial charge in [0.25, 0.3) is 0 Å². The first kappa shape index (κ1) is 32.4. The monoisotopic (exact) mass is 558 g/mol. The Kier molecular flexibility index (Phi) is 12.5. The number of carbonyl (C=O) groups is 3. The summed E-state index contributed by atoms with van der Waals surface area (Å²) in [5.41, 5.74) is 0.0126. The van der Waals surface area contributed by atoms with E-state index in [2.05, 4.69) is 6.58 Å². The lowest BCUT2D eigenvalue weighted by Crippen LogP contribution is -2.60. The highest BCUT2D eigenvalue weighted by Gasteiger charge is 2.48. The van der Waals surface area contributed by atoms with Crippen LogP contribution in [0.25, 0.3) is 0 Å². The Bertz CT molecular complexity index is 929. The Morgan fingerprint density at radius 3 is 2.38 bits per heavy atom. The summed E-state index contributed by atoms with van der Waals surface area (Å²) in [6.07, 6.45) is -4.20. The highest BCUT2D eigenvalue weighted by Crippen LogP contribution is 2.36. The van der Waals surface area contributed by atoms with Crippen molar-refractivity contribution in [3.8, 4) is 0 Å². The fraction of sp³-hybridized carbons (Fsp3) is 0.654. The molecular weight excluding hydrogens is 520 g/mol. The van der Waals surface area contributed by atoms with Crippen molar-refractivity contribution in [3.05, 3.63) is 36.1 Å². The number of allylic oxidation sites excluding steroid dienone is 1. The molecule has 2 aliphatic rings. The van der Waals surface area contributed by atoms with Crippen molar-refractivity contribution in [1.29, 1.82) is 0 Å². The summed E-state index contributed by atoms with van der Waals surface area (Å²) in [7, 11) is 0. The third-order valence-electron chi connectivity index (χ3n) is 6.79. The maximum absolute atomic E-state index is 12.4. The number of carboxylic acids is 2. The number of hydrogen-bond donors (Lipinski definition) is 6. The molecule has 13 nitrogen and oxygen atoms in total. The smallest absolute Gasteiger partial charge is 0.335 e. The Hall–Kier alpha value is -2.81. The Morgan fingerprint density at radius 1 is 1.10 bits per heavy atom. The maximum Gasteiger partial charge on any atom is 0.335 e. The van der Waals surface area contributed by atoms with Crippen LogP contribution in [-0.4, -0.2) is 98.8 Å². The van der Waals surface area contributed by atoms with E-state index in [-0.39, 0.29) is 18.1 Å². The van der Waals surface area contributed by atoms with E-state index >= 15 is 0 Å². The molecule has 0 radical (unpaired) electrons. The van der Waals surface area contributed by atoms with E-state index in [1.165, 1.54) is 6.08 Å². The minimum atomic E-state index is -1.77. The lowest BCUT2D eigenvalue weighted by Gasteiger charge is -2.43. The number of aliphatic hydroxyl groups excluding tert-OH is 4. The van der Waals surface area contributed by atoms with E-state index in [4.69, 9.17) is 24.1 Å². The minimum Gasteiger partial charge on any atom is -0.481 e. The molecule has 0 aromatic heterocycles. The number of carboxylic acid groups (broad SMARTS) is 2. The van der Waals surface area contributed by atoms with Gasteiger partial charge >= 0.3 is 17.9 Å². The van der Waals surface area contributed by atoms with Crippen molar-refractivity contribution in [1.82, 2.24) is 0 Å². The van der Waals surface area contributed by atoms with Gasteiger partial charge in [-0.1, -0.05) is 19.1 Å². The van der Waals surface area contributed by atoms with Crippen molar-refractivity contribution < 1.29 is 64.0 Å². The van der Waals surface area contributed by atoms with E-state index in [1.54, 1.807) is 13.0 Å². The molecule has 9 unspecified atom stereocenters. The van der Waals surface area contributed by atoms with Gasteiger partial charge in [-0.25, -0.2) is 9.59 Å². The van der Waals surface area contributed by atoms with Crippen LogP contribution in [-0.2, 0) is 33.3 Å². The zero-order chi connectivity index (χ0) is 29.3. The van der Waals surface area contributed by atoms with Gasteiger partial charge in [-0.15, -0.1) is 6.58 Å². The summed E-state index contributed by atoms with van der Waals surface area (Å²) >= 11 is 0. The molecule has 0 aromatic carbocycles. The zero-order valence-corrected chi connectivity index (χ0v) is 21.9. The number of esters is 1. The van der Waals surface area contributed by atoms with Crippen molar-refractivity contribution in [2.75, 3.05) is 13.2 Å². The standard InChI is InChI=1S/C26H38O13/c1-4-15-16(10-19(28)29)17(23(33)34)11-37-25(15)39-26-22(32)21(31)20(30)18(38-26)12-36-24(35)14(3)7-5-6-13(2)8-9-27/h4,7,11,13,15-16,18,20-22,25-27,30-32H,1,5-6,8-10,12H2,2-3H3,(H,28,29)(H,33,34). The van der Waals surface area contributed by atoms with Gasteiger partial charge in [0, 0.05) is 24.0 Å². The summed E-state index contributed by atoms with van der Waals surface area (Å²) in [5.74, 6) is -5.11. The second kappa shape index (κ2) is 15.1. The van der Waals surface area contributed by atoms with Gasteiger partial charge in [-0.05, 0) is 32.1 Å². The molecule has 2 heterocycles. The van der Waals surface area contributed by atoms with Crippen molar-refractivity contribution in [2.45, 2.75) is 76.5 Å². The number of rotatable bonds is 14. The molecule has 39 heavy (non-hydrogen) atoms. The van der Waals surface area contributed by atoms with Crippen LogP contribution in [0.2, 0.25) is 0 Å². The number of aliphatic carboxylic acids is 2. The molecule has 13 heteroatoms. The van der Waals surface area contributed by atoms with E-state index in [1.807, 2.05) is 6.92 Å². The summed E-state index contributed by atoms with van der Waals surface area (Å²) < 4.78 is 21.8. The first-order valence-electron chi connectivity index (χ1n) is 12.6. The molecule has 2 rings (SSSR count). The van der Waals surface area contributed by atoms with Gasteiger partial charge in [0.1, 0.15) is 31.0 Å². The van der Waals surface area contributed by atoms with Crippen molar-refractivity contribution in [2.24, 2.45) is 17.8 Å². The van der Waals surface area contributed by atoms with Crippen LogP contribution in [0.15, 0.2) is 36.1 Å². The van der Waals surface area contributed by atoms with Crippen LogP contribution in [0.3, 0.4) is 0 Å². The molecular formula is C26H38O13. The molecule has 2 aliphatic heterocycles.